The van der Waals surface area contributed by atoms with Gasteiger partial charge in [0, 0.05) is 5.39 Å². The molecule has 0 N–H and O–H groups in total. The van der Waals surface area contributed by atoms with Crippen LogP contribution in [0.15, 0.2) is 69.9 Å². The Morgan fingerprint density at radius 2 is 1.52 bits per heavy atom. The van der Waals surface area contributed by atoms with Crippen LogP contribution in [0.1, 0.15) is 0 Å². The van der Waals surface area contributed by atoms with Crippen molar-refractivity contribution in [2.24, 2.45) is 0 Å². The van der Waals surface area contributed by atoms with Crippen LogP contribution >= 0.6 is 0 Å². The lowest BCUT2D eigenvalue weighted by Crippen LogP contribution is -2.03. The van der Waals surface area contributed by atoms with Crippen molar-refractivity contribution in [2.75, 3.05) is 0 Å². The third-order valence-corrected chi connectivity index (χ3v) is 3.35. The van der Waals surface area contributed by atoms with Crippen LogP contribution in [-0.4, -0.2) is 9.97 Å². The number of hydrogen-bond acceptors (Lipinski definition) is 4. The zero-order valence-electron chi connectivity index (χ0n) is 11.0. The number of benzene rings is 2. The van der Waals surface area contributed by atoms with Gasteiger partial charge in [0.05, 0.1) is 16.4 Å². The average molecular weight is 274 g/mol. The van der Waals surface area contributed by atoms with Crippen molar-refractivity contribution in [3.05, 3.63) is 71.1 Å². The molecule has 0 saturated heterocycles. The molecule has 2 aromatic carbocycles. The number of aromatic nitrogens is 2. The second-order valence-electron chi connectivity index (χ2n) is 4.71. The Bertz CT molecular complexity index is 1020. The zero-order chi connectivity index (χ0) is 14.2. The van der Waals surface area contributed by atoms with Crippen LogP contribution < -0.4 is 5.63 Å². The highest BCUT2D eigenvalue weighted by Gasteiger charge is 2.09. The normalized spacial score (nSPS) is 11.0. The SMILES string of the molecule is O=c1oc(-c2ccc3ccccc3n2)nc2ccccc12. The zero-order valence-corrected chi connectivity index (χ0v) is 11.0. The summed E-state index contributed by atoms with van der Waals surface area (Å²) in [6.07, 6.45) is 0. The number of para-hydroxylation sites is 2. The number of rotatable bonds is 1. The Morgan fingerprint density at radius 1 is 0.762 bits per heavy atom. The Kier molecular flexibility index (Phi) is 2.54. The molecule has 0 radical (unpaired) electrons. The van der Waals surface area contributed by atoms with Gasteiger partial charge >= 0.3 is 5.63 Å². The van der Waals surface area contributed by atoms with E-state index in [0.29, 0.717) is 16.6 Å². The predicted octanol–water partition coefficient (Wildman–Crippen LogP) is 3.40. The molecule has 4 aromatic rings. The maximum Gasteiger partial charge on any atom is 0.347 e. The van der Waals surface area contributed by atoms with Gasteiger partial charge < -0.3 is 4.42 Å². The highest BCUT2D eigenvalue weighted by Crippen LogP contribution is 2.20. The van der Waals surface area contributed by atoms with Gasteiger partial charge in [0.2, 0.25) is 5.89 Å². The molecule has 0 aliphatic heterocycles. The van der Waals surface area contributed by atoms with E-state index in [9.17, 15) is 4.79 Å². The van der Waals surface area contributed by atoms with E-state index in [-0.39, 0.29) is 5.89 Å². The first kappa shape index (κ1) is 11.8. The lowest BCUT2D eigenvalue weighted by molar-refractivity contribution is 0.516. The van der Waals surface area contributed by atoms with Crippen molar-refractivity contribution < 1.29 is 4.42 Å². The summed E-state index contributed by atoms with van der Waals surface area (Å²) in [6.45, 7) is 0. The van der Waals surface area contributed by atoms with Crippen molar-refractivity contribution in [3.8, 4) is 11.6 Å². The van der Waals surface area contributed by atoms with E-state index in [1.54, 1.807) is 18.2 Å². The molecular weight excluding hydrogens is 264 g/mol. The number of hydrogen-bond donors (Lipinski definition) is 0. The highest BCUT2D eigenvalue weighted by molar-refractivity contribution is 5.82. The topological polar surface area (TPSA) is 56.0 Å². The highest BCUT2D eigenvalue weighted by atomic mass is 16.4. The minimum atomic E-state index is -0.398. The fraction of sp³-hybridized carbons (Fsp3) is 0. The maximum atomic E-state index is 12.0. The summed E-state index contributed by atoms with van der Waals surface area (Å²) in [6, 6.07) is 18.6. The second-order valence-corrected chi connectivity index (χ2v) is 4.71. The molecule has 0 bridgehead atoms. The fourth-order valence-electron chi connectivity index (χ4n) is 2.31. The Hall–Kier alpha value is -3.01. The molecule has 4 heteroatoms. The van der Waals surface area contributed by atoms with Crippen molar-refractivity contribution in [1.29, 1.82) is 0 Å². The van der Waals surface area contributed by atoms with Gasteiger partial charge in [-0.2, -0.15) is 0 Å². The maximum absolute atomic E-state index is 12.0. The molecule has 4 nitrogen and oxygen atoms in total. The third-order valence-electron chi connectivity index (χ3n) is 3.35. The van der Waals surface area contributed by atoms with Crippen molar-refractivity contribution in [1.82, 2.24) is 9.97 Å². The van der Waals surface area contributed by atoms with E-state index in [0.717, 1.165) is 10.9 Å². The van der Waals surface area contributed by atoms with Crippen LogP contribution in [0.25, 0.3) is 33.4 Å². The molecule has 4 rings (SSSR count). The minimum Gasteiger partial charge on any atom is -0.401 e. The Morgan fingerprint density at radius 3 is 2.43 bits per heavy atom. The summed E-state index contributed by atoms with van der Waals surface area (Å²) < 4.78 is 5.30. The van der Waals surface area contributed by atoms with Crippen LogP contribution in [0.5, 0.6) is 0 Å². The van der Waals surface area contributed by atoms with Crippen LogP contribution in [0.2, 0.25) is 0 Å². The number of fused-ring (bicyclic) bond motifs is 2. The van der Waals surface area contributed by atoms with Gasteiger partial charge in [0.1, 0.15) is 5.69 Å². The standard InChI is InChI=1S/C17H10N2O2/c20-17-12-6-2-4-8-14(12)19-16(21-17)15-10-9-11-5-1-3-7-13(11)18-15/h1-10H. The molecule has 100 valence electrons. The first-order chi connectivity index (χ1) is 10.3. The van der Waals surface area contributed by atoms with Crippen LogP contribution in [0, 0.1) is 0 Å². The van der Waals surface area contributed by atoms with E-state index in [1.165, 1.54) is 0 Å². The summed E-state index contributed by atoms with van der Waals surface area (Å²) in [5, 5.41) is 1.51. The van der Waals surface area contributed by atoms with Crippen LogP contribution in [-0.2, 0) is 0 Å². The minimum absolute atomic E-state index is 0.240. The summed E-state index contributed by atoms with van der Waals surface area (Å²) in [5.41, 5.74) is 1.61. The quantitative estimate of drug-likeness (QED) is 0.534. The van der Waals surface area contributed by atoms with Gasteiger partial charge in [0.15, 0.2) is 0 Å². The van der Waals surface area contributed by atoms with E-state index < -0.39 is 5.63 Å². The molecule has 0 aliphatic carbocycles. The van der Waals surface area contributed by atoms with Gasteiger partial charge in [0.25, 0.3) is 0 Å². The Balaban J connectivity index is 1.97. The monoisotopic (exact) mass is 274 g/mol. The van der Waals surface area contributed by atoms with Crippen LogP contribution in [0.3, 0.4) is 0 Å². The van der Waals surface area contributed by atoms with Gasteiger partial charge in [-0.15, -0.1) is 0 Å². The van der Waals surface area contributed by atoms with Crippen molar-refractivity contribution >= 4 is 21.8 Å². The summed E-state index contributed by atoms with van der Waals surface area (Å²) in [5.74, 6) is 0.240. The lowest BCUT2D eigenvalue weighted by Gasteiger charge is -2.02. The molecule has 0 amide bonds. The smallest absolute Gasteiger partial charge is 0.347 e. The van der Waals surface area contributed by atoms with Crippen molar-refractivity contribution in [3.63, 3.8) is 0 Å². The third kappa shape index (κ3) is 1.97. The predicted molar refractivity (Wildman–Crippen MR) is 81.0 cm³/mol. The summed E-state index contributed by atoms with van der Waals surface area (Å²) in [4.78, 5) is 20.9. The van der Waals surface area contributed by atoms with E-state index in [1.807, 2.05) is 42.5 Å². The number of pyridine rings is 1. The average Bonchev–Trinajstić information content (AvgIpc) is 2.54. The molecule has 0 saturated carbocycles. The lowest BCUT2D eigenvalue weighted by atomic mass is 10.2. The molecule has 0 aliphatic rings. The first-order valence-corrected chi connectivity index (χ1v) is 6.57. The van der Waals surface area contributed by atoms with Gasteiger partial charge in [-0.05, 0) is 24.3 Å². The van der Waals surface area contributed by atoms with Gasteiger partial charge in [-0.25, -0.2) is 14.8 Å². The van der Waals surface area contributed by atoms with Gasteiger partial charge in [-0.3, -0.25) is 0 Å². The van der Waals surface area contributed by atoms with E-state index in [2.05, 4.69) is 9.97 Å². The summed E-state index contributed by atoms with van der Waals surface area (Å²) >= 11 is 0. The first-order valence-electron chi connectivity index (χ1n) is 6.57. The van der Waals surface area contributed by atoms with Gasteiger partial charge in [-0.1, -0.05) is 36.4 Å². The second kappa shape index (κ2) is 4.52. The van der Waals surface area contributed by atoms with Crippen LogP contribution in [0.4, 0.5) is 0 Å². The Labute approximate surface area is 119 Å². The fourth-order valence-corrected chi connectivity index (χ4v) is 2.31. The number of nitrogens with zero attached hydrogens (tertiary/aromatic N) is 2. The summed E-state index contributed by atoms with van der Waals surface area (Å²) in [7, 11) is 0. The molecule has 0 unspecified atom stereocenters. The molecule has 0 fully saturated rings. The van der Waals surface area contributed by atoms with E-state index >= 15 is 0 Å². The largest absolute Gasteiger partial charge is 0.401 e. The molecule has 0 atom stereocenters. The van der Waals surface area contributed by atoms with E-state index in [4.69, 9.17) is 4.42 Å². The molecule has 2 aromatic heterocycles. The molecule has 21 heavy (non-hydrogen) atoms. The van der Waals surface area contributed by atoms with Crippen molar-refractivity contribution in [2.45, 2.75) is 0 Å². The molecule has 0 spiro atoms. The molecule has 2 heterocycles. The molecular formula is C17H10N2O2.